The van der Waals surface area contributed by atoms with Gasteiger partial charge in [-0.2, -0.15) is 10.2 Å². The Labute approximate surface area is 129 Å². The van der Waals surface area contributed by atoms with E-state index in [2.05, 4.69) is 21.2 Å². The highest BCUT2D eigenvalue weighted by Crippen LogP contribution is 2.22. The Bertz CT molecular complexity index is 675. The van der Waals surface area contributed by atoms with Gasteiger partial charge in [0.1, 0.15) is 0 Å². The monoisotopic (exact) mass is 303 g/mol. The quantitative estimate of drug-likeness (QED) is 0.925. The minimum Gasteiger partial charge on any atom is -0.476 e. The van der Waals surface area contributed by atoms with Crippen LogP contribution in [0.25, 0.3) is 0 Å². The summed E-state index contributed by atoms with van der Waals surface area (Å²) in [6.07, 6.45) is 3.89. The van der Waals surface area contributed by atoms with Crippen LogP contribution in [0.15, 0.2) is 18.3 Å². The van der Waals surface area contributed by atoms with Gasteiger partial charge < -0.3 is 5.11 Å². The number of carboxylic acid groups (broad SMARTS) is 1. The molecule has 0 aromatic carbocycles. The van der Waals surface area contributed by atoms with Crippen LogP contribution in [0.5, 0.6) is 0 Å². The lowest BCUT2D eigenvalue weighted by molar-refractivity contribution is 0.0688. The molecule has 1 saturated heterocycles. The molecule has 1 aliphatic heterocycles. The van der Waals surface area contributed by atoms with Gasteiger partial charge in [-0.25, -0.2) is 4.79 Å². The molecule has 1 unspecified atom stereocenters. The summed E-state index contributed by atoms with van der Waals surface area (Å²) >= 11 is 0. The Balaban J connectivity index is 1.68. The third-order valence-electron chi connectivity index (χ3n) is 4.17. The zero-order chi connectivity index (χ0) is 15.7. The van der Waals surface area contributed by atoms with E-state index in [0.29, 0.717) is 0 Å². The van der Waals surface area contributed by atoms with E-state index in [1.54, 1.807) is 16.9 Å². The standard InChI is InChI=1S/C15H21N5O2/c1-11-8-13(18(2)16-11)10-19-6-3-4-12(9-19)20-7-5-14(17-20)15(21)22/h5,7-8,12H,3-4,6,9-10H2,1-2H3,(H,21,22). The first-order chi connectivity index (χ1) is 10.5. The number of nitrogens with zero attached hydrogens (tertiary/aromatic N) is 5. The fourth-order valence-electron chi connectivity index (χ4n) is 3.09. The fourth-order valence-corrected chi connectivity index (χ4v) is 3.09. The maximum Gasteiger partial charge on any atom is 0.356 e. The fraction of sp³-hybridized carbons (Fsp3) is 0.533. The number of carbonyl (C=O) groups is 1. The average Bonchev–Trinajstić information content (AvgIpc) is 3.07. The molecule has 0 aliphatic carbocycles. The summed E-state index contributed by atoms with van der Waals surface area (Å²) in [6, 6.07) is 3.90. The highest BCUT2D eigenvalue weighted by Gasteiger charge is 2.23. The predicted molar refractivity (Wildman–Crippen MR) is 80.7 cm³/mol. The molecule has 7 nitrogen and oxygen atoms in total. The Morgan fingerprint density at radius 3 is 2.91 bits per heavy atom. The SMILES string of the molecule is Cc1cc(CN2CCCC(n3ccc(C(=O)O)n3)C2)n(C)n1. The van der Waals surface area contributed by atoms with E-state index < -0.39 is 5.97 Å². The van der Waals surface area contributed by atoms with Crippen LogP contribution < -0.4 is 0 Å². The van der Waals surface area contributed by atoms with Gasteiger partial charge in [0.25, 0.3) is 0 Å². The van der Waals surface area contributed by atoms with Gasteiger partial charge in [-0.05, 0) is 38.4 Å². The maximum absolute atomic E-state index is 10.9. The third kappa shape index (κ3) is 3.04. The van der Waals surface area contributed by atoms with Gasteiger partial charge in [-0.15, -0.1) is 0 Å². The number of likely N-dealkylation sites (tertiary alicyclic amines) is 1. The summed E-state index contributed by atoms with van der Waals surface area (Å²) in [4.78, 5) is 13.3. The molecule has 2 aromatic heterocycles. The number of carboxylic acids is 1. The number of hydrogen-bond acceptors (Lipinski definition) is 4. The molecular weight excluding hydrogens is 282 g/mol. The van der Waals surface area contributed by atoms with Crippen LogP contribution >= 0.6 is 0 Å². The summed E-state index contributed by atoms with van der Waals surface area (Å²) in [7, 11) is 1.97. The molecule has 3 heterocycles. The van der Waals surface area contributed by atoms with E-state index >= 15 is 0 Å². The van der Waals surface area contributed by atoms with Crippen molar-refractivity contribution >= 4 is 5.97 Å². The number of piperidine rings is 1. The largest absolute Gasteiger partial charge is 0.476 e. The van der Waals surface area contributed by atoms with Crippen molar-refractivity contribution in [1.29, 1.82) is 0 Å². The van der Waals surface area contributed by atoms with Gasteiger partial charge in [0.05, 0.1) is 17.4 Å². The molecule has 1 fully saturated rings. The maximum atomic E-state index is 10.9. The molecule has 2 aromatic rings. The van der Waals surface area contributed by atoms with Gasteiger partial charge in [-0.1, -0.05) is 0 Å². The lowest BCUT2D eigenvalue weighted by Crippen LogP contribution is -2.36. The molecule has 0 spiro atoms. The van der Waals surface area contributed by atoms with Crippen LogP contribution in [-0.2, 0) is 13.6 Å². The van der Waals surface area contributed by atoms with Crippen molar-refractivity contribution in [3.63, 3.8) is 0 Å². The van der Waals surface area contributed by atoms with Gasteiger partial charge in [0.2, 0.25) is 0 Å². The van der Waals surface area contributed by atoms with E-state index in [0.717, 1.165) is 38.2 Å². The van der Waals surface area contributed by atoms with Crippen molar-refractivity contribution in [3.8, 4) is 0 Å². The van der Waals surface area contributed by atoms with Crippen LogP contribution in [0.4, 0.5) is 0 Å². The van der Waals surface area contributed by atoms with Crippen molar-refractivity contribution in [2.24, 2.45) is 7.05 Å². The van der Waals surface area contributed by atoms with E-state index in [9.17, 15) is 4.79 Å². The van der Waals surface area contributed by atoms with Crippen LogP contribution in [0, 0.1) is 6.92 Å². The number of aromatic carboxylic acids is 1. The van der Waals surface area contributed by atoms with Gasteiger partial charge in [-0.3, -0.25) is 14.3 Å². The minimum absolute atomic E-state index is 0.111. The van der Waals surface area contributed by atoms with E-state index in [-0.39, 0.29) is 11.7 Å². The molecule has 22 heavy (non-hydrogen) atoms. The van der Waals surface area contributed by atoms with Crippen molar-refractivity contribution in [2.45, 2.75) is 32.4 Å². The number of aryl methyl sites for hydroxylation is 2. The highest BCUT2D eigenvalue weighted by molar-refractivity contribution is 5.85. The Hall–Kier alpha value is -2.15. The Morgan fingerprint density at radius 2 is 2.27 bits per heavy atom. The lowest BCUT2D eigenvalue weighted by atomic mass is 10.1. The summed E-state index contributed by atoms with van der Waals surface area (Å²) in [5.74, 6) is -0.975. The van der Waals surface area contributed by atoms with Gasteiger partial charge in [0.15, 0.2) is 5.69 Å². The third-order valence-corrected chi connectivity index (χ3v) is 4.17. The summed E-state index contributed by atoms with van der Waals surface area (Å²) in [5, 5.41) is 17.5. The number of hydrogen-bond donors (Lipinski definition) is 1. The Morgan fingerprint density at radius 1 is 1.45 bits per heavy atom. The number of rotatable bonds is 4. The zero-order valence-electron chi connectivity index (χ0n) is 12.9. The van der Waals surface area contributed by atoms with Gasteiger partial charge in [0, 0.05) is 26.3 Å². The second-order valence-corrected chi connectivity index (χ2v) is 5.92. The van der Waals surface area contributed by atoms with Crippen LogP contribution in [0.1, 0.15) is 40.8 Å². The Kier molecular flexibility index (Phi) is 3.98. The van der Waals surface area contributed by atoms with E-state index in [1.165, 1.54) is 5.69 Å². The molecule has 1 atom stereocenters. The first-order valence-corrected chi connectivity index (χ1v) is 7.53. The number of aromatic nitrogens is 4. The second-order valence-electron chi connectivity index (χ2n) is 5.92. The summed E-state index contributed by atoms with van der Waals surface area (Å²) < 4.78 is 3.72. The molecule has 0 saturated carbocycles. The topological polar surface area (TPSA) is 76.2 Å². The molecule has 0 bridgehead atoms. The van der Waals surface area contributed by atoms with Crippen LogP contribution in [0.3, 0.4) is 0 Å². The van der Waals surface area contributed by atoms with Gasteiger partial charge >= 0.3 is 5.97 Å². The predicted octanol–water partition coefficient (Wildman–Crippen LogP) is 1.46. The summed E-state index contributed by atoms with van der Waals surface area (Å²) in [6.45, 7) is 4.79. The average molecular weight is 303 g/mol. The molecule has 1 N–H and O–H groups in total. The smallest absolute Gasteiger partial charge is 0.356 e. The second kappa shape index (κ2) is 5.92. The zero-order valence-corrected chi connectivity index (χ0v) is 12.9. The van der Waals surface area contributed by atoms with E-state index in [1.807, 2.05) is 18.7 Å². The molecule has 1 aliphatic rings. The van der Waals surface area contributed by atoms with Crippen LogP contribution in [-0.4, -0.2) is 48.6 Å². The molecule has 0 amide bonds. The molecule has 3 rings (SSSR count). The molecular formula is C15H21N5O2. The van der Waals surface area contributed by atoms with Crippen molar-refractivity contribution in [1.82, 2.24) is 24.5 Å². The lowest BCUT2D eigenvalue weighted by Gasteiger charge is -2.32. The first-order valence-electron chi connectivity index (χ1n) is 7.53. The highest BCUT2D eigenvalue weighted by atomic mass is 16.4. The van der Waals surface area contributed by atoms with Crippen molar-refractivity contribution in [3.05, 3.63) is 35.4 Å². The van der Waals surface area contributed by atoms with Crippen LogP contribution in [0.2, 0.25) is 0 Å². The minimum atomic E-state index is -0.975. The van der Waals surface area contributed by atoms with Crippen molar-refractivity contribution in [2.75, 3.05) is 13.1 Å². The summed E-state index contributed by atoms with van der Waals surface area (Å²) in [5.41, 5.74) is 2.34. The normalized spacial score (nSPS) is 19.5. The van der Waals surface area contributed by atoms with Crippen molar-refractivity contribution < 1.29 is 9.90 Å². The first kappa shape index (κ1) is 14.8. The molecule has 7 heteroatoms. The molecule has 118 valence electrons. The molecule has 0 radical (unpaired) electrons. The van der Waals surface area contributed by atoms with E-state index in [4.69, 9.17) is 5.11 Å².